The molecule has 0 saturated heterocycles. The zero-order chi connectivity index (χ0) is 29.5. The molecule has 0 fully saturated rings. The number of nitrogens with zero attached hydrogens (tertiary/aromatic N) is 1. The maximum absolute atomic E-state index is 12.6. The molecule has 0 aliphatic heterocycles. The zero-order valence-corrected chi connectivity index (χ0v) is 20.7. The number of benzene rings is 2. The van der Waals surface area contributed by atoms with Crippen LogP contribution in [0.5, 0.6) is 0 Å². The van der Waals surface area contributed by atoms with Crippen molar-refractivity contribution in [1.82, 2.24) is 10.2 Å². The number of rotatable bonds is 5. The van der Waals surface area contributed by atoms with Crippen molar-refractivity contribution in [2.24, 2.45) is 0 Å². The standard InChI is InChI=1S/C14H13F6NO3.C10H12F3N/c1-8-5-10(14(18,19)20)4-3-9(8)6-21(2)11(22)12(23)24-7-13(15,16)17;1-7-5-9(10(11,12)13)4-3-8(7)6-14-2/h3-5H,6-7H2,1-2H3;3-5,14H,6H2,1-2H3. The highest BCUT2D eigenvalue weighted by atomic mass is 19.4. The number of ether oxygens (including phenoxy) is 1. The Bertz CT molecular complexity index is 1110. The van der Waals surface area contributed by atoms with Crippen LogP contribution in [0.1, 0.15) is 33.4 Å². The molecule has 5 nitrogen and oxygen atoms in total. The molecule has 0 bridgehead atoms. The molecule has 0 aliphatic carbocycles. The van der Waals surface area contributed by atoms with Gasteiger partial charge in [-0.3, -0.25) is 4.79 Å². The van der Waals surface area contributed by atoms with Gasteiger partial charge in [0.25, 0.3) is 0 Å². The molecule has 0 unspecified atom stereocenters. The first-order chi connectivity index (χ1) is 17.3. The van der Waals surface area contributed by atoms with Gasteiger partial charge in [-0.05, 0) is 67.4 Å². The summed E-state index contributed by atoms with van der Waals surface area (Å²) in [5, 5.41) is 2.90. The van der Waals surface area contributed by atoms with Crippen LogP contribution in [0, 0.1) is 13.8 Å². The van der Waals surface area contributed by atoms with Gasteiger partial charge in [0, 0.05) is 20.1 Å². The summed E-state index contributed by atoms with van der Waals surface area (Å²) in [5.41, 5.74) is 0.613. The lowest BCUT2D eigenvalue weighted by atomic mass is 10.0. The van der Waals surface area contributed by atoms with Crippen molar-refractivity contribution in [2.45, 2.75) is 45.5 Å². The number of aryl methyl sites for hydroxylation is 2. The van der Waals surface area contributed by atoms with Crippen molar-refractivity contribution in [2.75, 3.05) is 20.7 Å². The number of carbonyl (C=O) groups is 2. The summed E-state index contributed by atoms with van der Waals surface area (Å²) in [7, 11) is 2.88. The summed E-state index contributed by atoms with van der Waals surface area (Å²) in [5.74, 6) is -3.03. The van der Waals surface area contributed by atoms with Crippen LogP contribution in [0.3, 0.4) is 0 Å². The van der Waals surface area contributed by atoms with Gasteiger partial charge in [0.1, 0.15) is 0 Å². The van der Waals surface area contributed by atoms with E-state index < -0.39 is 48.1 Å². The van der Waals surface area contributed by atoms with Gasteiger partial charge in [0.05, 0.1) is 11.1 Å². The molecule has 38 heavy (non-hydrogen) atoms. The predicted molar refractivity (Wildman–Crippen MR) is 119 cm³/mol. The lowest BCUT2D eigenvalue weighted by Crippen LogP contribution is -2.36. The fourth-order valence-corrected chi connectivity index (χ4v) is 3.00. The predicted octanol–water partition coefficient (Wildman–Crippen LogP) is 5.81. The minimum absolute atomic E-state index is 0.216. The van der Waals surface area contributed by atoms with E-state index in [0.717, 1.165) is 41.8 Å². The van der Waals surface area contributed by atoms with Crippen molar-refractivity contribution in [3.63, 3.8) is 0 Å². The Kier molecular flexibility index (Phi) is 11.2. The van der Waals surface area contributed by atoms with E-state index in [-0.39, 0.29) is 12.1 Å². The summed E-state index contributed by atoms with van der Waals surface area (Å²) in [6.07, 6.45) is -13.5. The highest BCUT2D eigenvalue weighted by Gasteiger charge is 2.33. The molecule has 0 aromatic heterocycles. The number of halogens is 9. The van der Waals surface area contributed by atoms with Gasteiger partial charge in [-0.25, -0.2) is 4.79 Å². The Morgan fingerprint density at radius 3 is 1.63 bits per heavy atom. The third-order valence-corrected chi connectivity index (χ3v) is 5.00. The molecule has 2 aromatic carbocycles. The Morgan fingerprint density at radius 2 is 1.26 bits per heavy atom. The molecule has 0 radical (unpaired) electrons. The zero-order valence-electron chi connectivity index (χ0n) is 20.7. The average Bonchev–Trinajstić information content (AvgIpc) is 2.78. The molecule has 0 aliphatic rings. The first-order valence-electron chi connectivity index (χ1n) is 10.7. The van der Waals surface area contributed by atoms with Crippen LogP contribution in [0.15, 0.2) is 36.4 Å². The molecule has 0 heterocycles. The summed E-state index contributed by atoms with van der Waals surface area (Å²) < 4.78 is 114. The Labute approximate surface area is 212 Å². The Morgan fingerprint density at radius 1 is 0.816 bits per heavy atom. The fourth-order valence-electron chi connectivity index (χ4n) is 3.00. The van der Waals surface area contributed by atoms with E-state index in [1.165, 1.54) is 19.1 Å². The normalized spacial score (nSPS) is 11.9. The molecular formula is C24H25F9N2O3. The topological polar surface area (TPSA) is 58.6 Å². The second-order valence-electron chi connectivity index (χ2n) is 8.16. The highest BCUT2D eigenvalue weighted by molar-refractivity contribution is 6.32. The monoisotopic (exact) mass is 560 g/mol. The van der Waals surface area contributed by atoms with Crippen molar-refractivity contribution in [1.29, 1.82) is 0 Å². The van der Waals surface area contributed by atoms with Crippen LogP contribution in [0.2, 0.25) is 0 Å². The average molecular weight is 560 g/mol. The molecule has 1 N–H and O–H groups in total. The van der Waals surface area contributed by atoms with E-state index in [4.69, 9.17) is 0 Å². The minimum Gasteiger partial charge on any atom is -0.449 e. The second-order valence-corrected chi connectivity index (χ2v) is 8.16. The van der Waals surface area contributed by atoms with E-state index in [1.54, 1.807) is 14.0 Å². The molecule has 0 saturated carbocycles. The summed E-state index contributed by atoms with van der Waals surface area (Å²) in [6.45, 7) is 1.49. The SMILES string of the molecule is CNCc1ccc(C(F)(F)F)cc1C.Cc1cc(C(F)(F)F)ccc1CN(C)C(=O)C(=O)OCC(F)(F)F. The van der Waals surface area contributed by atoms with Crippen LogP contribution >= 0.6 is 0 Å². The van der Waals surface area contributed by atoms with Crippen LogP contribution in [-0.4, -0.2) is 43.7 Å². The van der Waals surface area contributed by atoms with Gasteiger partial charge in [-0.2, -0.15) is 39.5 Å². The second kappa shape index (κ2) is 13.0. The van der Waals surface area contributed by atoms with E-state index in [0.29, 0.717) is 17.7 Å². The Balaban J connectivity index is 0.000000437. The summed E-state index contributed by atoms with van der Waals surface area (Å²) in [6, 6.07) is 6.60. The van der Waals surface area contributed by atoms with Gasteiger partial charge < -0.3 is 15.0 Å². The molecule has 0 atom stereocenters. The van der Waals surface area contributed by atoms with Gasteiger partial charge >= 0.3 is 30.4 Å². The van der Waals surface area contributed by atoms with Gasteiger partial charge in [0.15, 0.2) is 6.61 Å². The molecule has 1 amide bonds. The molecule has 0 spiro atoms. The number of likely N-dealkylation sites (N-methyl/N-ethyl adjacent to an activating group) is 1. The Hall–Kier alpha value is -3.29. The first-order valence-corrected chi connectivity index (χ1v) is 10.7. The number of amides is 1. The smallest absolute Gasteiger partial charge is 0.422 e. The van der Waals surface area contributed by atoms with E-state index in [2.05, 4.69) is 10.1 Å². The number of hydrogen-bond donors (Lipinski definition) is 1. The minimum atomic E-state index is -4.77. The van der Waals surface area contributed by atoms with E-state index >= 15 is 0 Å². The fraction of sp³-hybridized carbons (Fsp3) is 0.417. The quantitative estimate of drug-likeness (QED) is 0.285. The molecule has 2 aromatic rings. The number of alkyl halides is 9. The maximum Gasteiger partial charge on any atom is 0.422 e. The highest BCUT2D eigenvalue weighted by Crippen LogP contribution is 2.31. The van der Waals surface area contributed by atoms with Gasteiger partial charge in [-0.1, -0.05) is 12.1 Å². The molecular weight excluding hydrogens is 535 g/mol. The van der Waals surface area contributed by atoms with Crippen LogP contribution < -0.4 is 5.32 Å². The summed E-state index contributed by atoms with van der Waals surface area (Å²) in [4.78, 5) is 23.6. The summed E-state index contributed by atoms with van der Waals surface area (Å²) >= 11 is 0. The number of nitrogens with one attached hydrogen (secondary N) is 1. The van der Waals surface area contributed by atoms with Gasteiger partial charge in [-0.15, -0.1) is 0 Å². The third kappa shape index (κ3) is 10.6. The number of esters is 1. The maximum atomic E-state index is 12.6. The number of carbonyl (C=O) groups excluding carboxylic acids is 2. The molecule has 212 valence electrons. The first kappa shape index (κ1) is 32.7. The van der Waals surface area contributed by atoms with Crippen LogP contribution in [0.4, 0.5) is 39.5 Å². The van der Waals surface area contributed by atoms with Crippen LogP contribution in [-0.2, 0) is 39.8 Å². The largest absolute Gasteiger partial charge is 0.449 e. The van der Waals surface area contributed by atoms with Crippen molar-refractivity contribution < 1.29 is 53.8 Å². The molecule has 14 heteroatoms. The van der Waals surface area contributed by atoms with Gasteiger partial charge in [0.2, 0.25) is 0 Å². The van der Waals surface area contributed by atoms with Crippen LogP contribution in [0.25, 0.3) is 0 Å². The third-order valence-electron chi connectivity index (χ3n) is 5.00. The lowest BCUT2D eigenvalue weighted by molar-refractivity contribution is -0.189. The van der Waals surface area contributed by atoms with E-state index in [1.807, 2.05) is 0 Å². The van der Waals surface area contributed by atoms with E-state index in [9.17, 15) is 49.1 Å². The molecule has 2 rings (SSSR count). The number of hydrogen-bond acceptors (Lipinski definition) is 4. The van der Waals surface area contributed by atoms with Crippen molar-refractivity contribution in [3.05, 3.63) is 69.8 Å². The van der Waals surface area contributed by atoms with Crippen molar-refractivity contribution >= 4 is 11.9 Å². The lowest BCUT2D eigenvalue weighted by Gasteiger charge is -2.18. The van der Waals surface area contributed by atoms with Crippen molar-refractivity contribution in [3.8, 4) is 0 Å².